The Hall–Kier alpha value is -2.19. The molecule has 1 heterocycles. The first-order chi connectivity index (χ1) is 9.22. The van der Waals surface area contributed by atoms with E-state index in [1.165, 1.54) is 19.4 Å². The van der Waals surface area contributed by atoms with E-state index in [4.69, 9.17) is 5.26 Å². The number of nitriles is 1. The van der Waals surface area contributed by atoms with Crippen LogP contribution in [0.1, 0.15) is 18.2 Å². The van der Waals surface area contributed by atoms with Gasteiger partial charge < -0.3 is 0 Å². The number of nitrogens with zero attached hydrogens (tertiary/aromatic N) is 2. The lowest BCUT2D eigenvalue weighted by Gasteiger charge is -2.09. The van der Waals surface area contributed by atoms with E-state index in [0.717, 1.165) is 18.3 Å². The summed E-state index contributed by atoms with van der Waals surface area (Å²) in [6.07, 6.45) is -0.831. The standard InChI is InChI=1S/C12H10F3N3OS/c1-3-4-10(20(2,19)18-8-16)9-5-6-11(17-7-9)12(13,14)15/h5-7H,1-2H3,(H,18,19). The highest BCUT2D eigenvalue weighted by Gasteiger charge is 2.32. The first-order valence-electron chi connectivity index (χ1n) is 5.20. The van der Waals surface area contributed by atoms with Gasteiger partial charge in [0.25, 0.3) is 0 Å². The molecule has 0 amide bonds. The second kappa shape index (κ2) is 5.85. The maximum Gasteiger partial charge on any atom is 0.433 e. The summed E-state index contributed by atoms with van der Waals surface area (Å²) < 4.78 is 51.6. The Kier molecular flexibility index (Phi) is 4.64. The van der Waals surface area contributed by atoms with Crippen molar-refractivity contribution in [2.75, 3.05) is 6.26 Å². The molecule has 0 radical (unpaired) electrons. The largest absolute Gasteiger partial charge is 0.433 e. The van der Waals surface area contributed by atoms with Crippen LogP contribution in [0, 0.1) is 23.3 Å². The van der Waals surface area contributed by atoms with Gasteiger partial charge in [-0.2, -0.15) is 18.4 Å². The predicted molar refractivity (Wildman–Crippen MR) is 69.6 cm³/mol. The normalized spacial score (nSPS) is 13.4. The van der Waals surface area contributed by atoms with Crippen molar-refractivity contribution in [3.63, 3.8) is 0 Å². The van der Waals surface area contributed by atoms with Gasteiger partial charge in [0.1, 0.15) is 10.6 Å². The number of aromatic nitrogens is 1. The van der Waals surface area contributed by atoms with Crippen LogP contribution in [0.15, 0.2) is 18.3 Å². The fourth-order valence-electron chi connectivity index (χ4n) is 1.34. The van der Waals surface area contributed by atoms with Crippen molar-refractivity contribution in [1.29, 1.82) is 5.26 Å². The summed E-state index contributed by atoms with van der Waals surface area (Å²) in [4.78, 5) is 3.31. The molecule has 1 aromatic heterocycles. The minimum Gasteiger partial charge on any atom is -0.251 e. The van der Waals surface area contributed by atoms with E-state index in [-0.39, 0.29) is 10.4 Å². The monoisotopic (exact) mass is 301 g/mol. The van der Waals surface area contributed by atoms with E-state index in [2.05, 4.69) is 21.5 Å². The van der Waals surface area contributed by atoms with Gasteiger partial charge in [0, 0.05) is 18.0 Å². The molecular weight excluding hydrogens is 291 g/mol. The van der Waals surface area contributed by atoms with Crippen molar-refractivity contribution in [2.24, 2.45) is 0 Å². The lowest BCUT2D eigenvalue weighted by Crippen LogP contribution is -2.25. The molecule has 0 aliphatic heterocycles. The van der Waals surface area contributed by atoms with Crippen LogP contribution >= 0.6 is 0 Å². The Morgan fingerprint density at radius 3 is 2.50 bits per heavy atom. The number of hydrogen-bond donors (Lipinski definition) is 1. The lowest BCUT2D eigenvalue weighted by atomic mass is 10.2. The van der Waals surface area contributed by atoms with Gasteiger partial charge in [-0.05, 0) is 19.1 Å². The Morgan fingerprint density at radius 2 is 2.10 bits per heavy atom. The summed E-state index contributed by atoms with van der Waals surface area (Å²) in [5.74, 6) is 5.05. The third-order valence-electron chi connectivity index (χ3n) is 2.18. The van der Waals surface area contributed by atoms with Crippen LogP contribution in [-0.4, -0.2) is 20.3 Å². The molecule has 0 aliphatic carbocycles. The topological polar surface area (TPSA) is 65.8 Å². The van der Waals surface area contributed by atoms with Crippen LogP contribution in [-0.2, 0) is 15.9 Å². The number of nitrogens with one attached hydrogen (secondary N) is 1. The van der Waals surface area contributed by atoms with Gasteiger partial charge in [0.15, 0.2) is 6.19 Å². The second-order valence-electron chi connectivity index (χ2n) is 3.69. The van der Waals surface area contributed by atoms with Crippen LogP contribution in [0.3, 0.4) is 0 Å². The van der Waals surface area contributed by atoms with Crippen LogP contribution in [0.4, 0.5) is 13.2 Å². The Bertz CT molecular complexity index is 712. The molecule has 0 saturated carbocycles. The molecule has 1 aromatic rings. The van der Waals surface area contributed by atoms with Crippen molar-refractivity contribution < 1.29 is 17.4 Å². The SMILES string of the molecule is CC#CC(c1ccc(C(F)(F)F)nc1)=S(C)(=O)NC#N. The number of halogens is 3. The second-order valence-corrected chi connectivity index (χ2v) is 5.99. The molecule has 0 bridgehead atoms. The maximum atomic E-state index is 12.4. The minimum atomic E-state index is -4.55. The molecule has 1 rings (SSSR count). The van der Waals surface area contributed by atoms with E-state index in [0.29, 0.717) is 0 Å². The molecule has 8 heteroatoms. The van der Waals surface area contributed by atoms with Crippen molar-refractivity contribution in [3.05, 3.63) is 29.6 Å². The van der Waals surface area contributed by atoms with E-state index < -0.39 is 21.6 Å². The van der Waals surface area contributed by atoms with Crippen molar-refractivity contribution in [2.45, 2.75) is 13.1 Å². The average Bonchev–Trinajstić information content (AvgIpc) is 2.35. The Labute approximate surface area is 114 Å². The van der Waals surface area contributed by atoms with Crippen LogP contribution in [0.2, 0.25) is 0 Å². The first kappa shape index (κ1) is 15.9. The molecule has 0 aromatic carbocycles. The first-order valence-corrected chi connectivity index (χ1v) is 7.17. The van der Waals surface area contributed by atoms with Crippen LogP contribution < -0.4 is 4.72 Å². The van der Waals surface area contributed by atoms with Gasteiger partial charge in [0.2, 0.25) is 0 Å². The summed E-state index contributed by atoms with van der Waals surface area (Å²) in [6, 6.07) is 1.90. The summed E-state index contributed by atoms with van der Waals surface area (Å²) in [6.45, 7) is 1.49. The van der Waals surface area contributed by atoms with E-state index in [1.54, 1.807) is 0 Å². The van der Waals surface area contributed by atoms with Crippen LogP contribution in [0.25, 0.3) is 0 Å². The third kappa shape index (κ3) is 3.65. The molecule has 1 unspecified atom stereocenters. The third-order valence-corrected chi connectivity index (χ3v) is 3.78. The zero-order chi connectivity index (χ0) is 15.4. The molecule has 1 atom stereocenters. The molecule has 0 fully saturated rings. The lowest BCUT2D eigenvalue weighted by molar-refractivity contribution is -0.141. The van der Waals surface area contributed by atoms with Gasteiger partial charge in [0.05, 0.1) is 9.71 Å². The van der Waals surface area contributed by atoms with Gasteiger partial charge >= 0.3 is 6.18 Å². The summed E-state index contributed by atoms with van der Waals surface area (Å²) >= 11 is 0. The highest BCUT2D eigenvalue weighted by Crippen LogP contribution is 2.27. The molecule has 0 aliphatic rings. The van der Waals surface area contributed by atoms with Crippen molar-refractivity contribution in [3.8, 4) is 18.0 Å². The summed E-state index contributed by atoms with van der Waals surface area (Å²) in [7, 11) is -2.98. The van der Waals surface area contributed by atoms with Gasteiger partial charge in [-0.3, -0.25) is 4.98 Å². The minimum absolute atomic E-state index is 0.0303. The molecule has 20 heavy (non-hydrogen) atoms. The average molecular weight is 301 g/mol. The van der Waals surface area contributed by atoms with E-state index in [9.17, 15) is 17.4 Å². The maximum absolute atomic E-state index is 12.4. The Balaban J connectivity index is 3.43. The quantitative estimate of drug-likeness (QED) is 0.296. The van der Waals surface area contributed by atoms with Crippen molar-refractivity contribution >= 4 is 14.6 Å². The van der Waals surface area contributed by atoms with Gasteiger partial charge in [-0.1, -0.05) is 5.92 Å². The van der Waals surface area contributed by atoms with Gasteiger partial charge in [-0.25, -0.2) is 8.93 Å². The van der Waals surface area contributed by atoms with Crippen molar-refractivity contribution in [1.82, 2.24) is 9.71 Å². The Morgan fingerprint density at radius 1 is 1.45 bits per heavy atom. The smallest absolute Gasteiger partial charge is 0.251 e. The number of alkyl halides is 3. The molecule has 0 spiro atoms. The highest BCUT2D eigenvalue weighted by atomic mass is 32.2. The predicted octanol–water partition coefficient (Wildman–Crippen LogP) is 1.54. The molecular formula is C12H10F3N3OS. The van der Waals surface area contributed by atoms with E-state index in [1.807, 2.05) is 0 Å². The zero-order valence-corrected chi connectivity index (χ0v) is 11.4. The summed E-state index contributed by atoms with van der Waals surface area (Å²) in [5.41, 5.74) is -0.886. The molecule has 4 nitrogen and oxygen atoms in total. The summed E-state index contributed by atoms with van der Waals surface area (Å²) in [5, 5.41) is 8.55. The number of rotatable bonds is 2. The van der Waals surface area contributed by atoms with E-state index >= 15 is 0 Å². The number of hydrogen-bond acceptors (Lipinski definition) is 3. The number of pyridine rings is 1. The molecule has 1 N–H and O–H groups in total. The molecule has 0 saturated heterocycles. The fraction of sp³-hybridized carbons (Fsp3) is 0.250. The fourth-order valence-corrected chi connectivity index (χ4v) is 2.49. The van der Waals surface area contributed by atoms with Crippen LogP contribution in [0.5, 0.6) is 0 Å². The zero-order valence-electron chi connectivity index (χ0n) is 10.6. The highest BCUT2D eigenvalue weighted by molar-refractivity contribution is 8.00. The van der Waals surface area contributed by atoms with Gasteiger partial charge in [-0.15, -0.1) is 5.92 Å². The molecule has 106 valence electrons.